The molecule has 2 N–H and O–H groups in total. The van der Waals surface area contributed by atoms with Crippen LogP contribution in [0.25, 0.3) is 10.2 Å². The number of aromatic nitrogens is 1. The summed E-state index contributed by atoms with van der Waals surface area (Å²) in [5, 5.41) is 6.26. The van der Waals surface area contributed by atoms with Gasteiger partial charge in [-0.3, -0.25) is 9.59 Å². The normalized spacial score (nSPS) is 10.6. The number of fused-ring (bicyclic) bond motifs is 1. The number of hydrogen-bond donors (Lipinski definition) is 2. The van der Waals surface area contributed by atoms with Crippen LogP contribution in [0.1, 0.15) is 10.4 Å². The molecule has 0 atom stereocenters. The van der Waals surface area contributed by atoms with Gasteiger partial charge < -0.3 is 20.1 Å². The molecule has 1 aromatic heterocycles. The summed E-state index contributed by atoms with van der Waals surface area (Å²) in [6.45, 7) is 0. The van der Waals surface area contributed by atoms with Crippen molar-refractivity contribution in [3.05, 3.63) is 72.3 Å². The summed E-state index contributed by atoms with van der Waals surface area (Å²) in [5.41, 5.74) is 2.03. The zero-order valence-electron chi connectivity index (χ0n) is 18.0. The number of thioether (sulfide) groups is 1. The largest absolute Gasteiger partial charge is 0.497 e. The van der Waals surface area contributed by atoms with Gasteiger partial charge in [0.1, 0.15) is 11.5 Å². The number of hydrogen-bond acceptors (Lipinski definition) is 7. The molecule has 0 saturated carbocycles. The Hall–Kier alpha value is -3.56. The van der Waals surface area contributed by atoms with Gasteiger partial charge in [-0.15, -0.1) is 11.8 Å². The first-order valence-corrected chi connectivity index (χ1v) is 11.8. The highest BCUT2D eigenvalue weighted by Crippen LogP contribution is 2.29. The van der Waals surface area contributed by atoms with Crippen molar-refractivity contribution in [2.24, 2.45) is 0 Å². The number of anilines is 2. The van der Waals surface area contributed by atoms with Gasteiger partial charge in [0.2, 0.25) is 5.91 Å². The molecule has 33 heavy (non-hydrogen) atoms. The van der Waals surface area contributed by atoms with E-state index in [-0.39, 0.29) is 17.6 Å². The van der Waals surface area contributed by atoms with Crippen LogP contribution in [0.2, 0.25) is 0 Å². The zero-order valence-corrected chi connectivity index (χ0v) is 19.6. The predicted molar refractivity (Wildman–Crippen MR) is 133 cm³/mol. The molecule has 0 fully saturated rings. The summed E-state index contributed by atoms with van der Waals surface area (Å²) < 4.78 is 11.3. The molecular weight excluding hydrogens is 458 g/mol. The van der Waals surface area contributed by atoms with Gasteiger partial charge in [0.05, 0.1) is 30.2 Å². The second kappa shape index (κ2) is 10.4. The molecule has 0 aliphatic heterocycles. The number of thiazole rings is 1. The van der Waals surface area contributed by atoms with Crippen molar-refractivity contribution in [1.29, 1.82) is 0 Å². The standard InChI is InChI=1S/C24H21N3O4S2/c1-30-17-7-3-15(4-8-17)23(29)25-16-5-10-19(11-6-16)32-14-22(28)27-24-26-20-12-9-18(31-2)13-21(20)33-24/h3-13H,14H2,1-2H3,(H,25,29)(H,26,27,28). The lowest BCUT2D eigenvalue weighted by atomic mass is 10.2. The first-order chi connectivity index (χ1) is 16.0. The number of rotatable bonds is 8. The molecule has 168 valence electrons. The van der Waals surface area contributed by atoms with E-state index in [0.717, 1.165) is 20.9 Å². The Balaban J connectivity index is 1.28. The molecule has 0 unspecified atom stereocenters. The van der Waals surface area contributed by atoms with Gasteiger partial charge in [0, 0.05) is 16.1 Å². The highest BCUT2D eigenvalue weighted by molar-refractivity contribution is 8.00. The second-order valence-corrected chi connectivity index (χ2v) is 8.98. The van der Waals surface area contributed by atoms with Gasteiger partial charge in [-0.25, -0.2) is 4.98 Å². The number of amides is 2. The molecule has 4 aromatic rings. The summed E-state index contributed by atoms with van der Waals surface area (Å²) in [6, 6.07) is 19.8. The second-order valence-electron chi connectivity index (χ2n) is 6.90. The molecule has 0 radical (unpaired) electrons. The highest BCUT2D eigenvalue weighted by atomic mass is 32.2. The molecule has 0 aliphatic carbocycles. The van der Waals surface area contributed by atoms with Gasteiger partial charge in [0.25, 0.3) is 5.91 Å². The summed E-state index contributed by atoms with van der Waals surface area (Å²) in [5.74, 6) is 1.36. The Morgan fingerprint density at radius 2 is 1.61 bits per heavy atom. The Morgan fingerprint density at radius 1 is 0.909 bits per heavy atom. The van der Waals surface area contributed by atoms with E-state index >= 15 is 0 Å². The number of nitrogens with zero attached hydrogens (tertiary/aromatic N) is 1. The maximum absolute atomic E-state index is 12.4. The van der Waals surface area contributed by atoms with Crippen molar-refractivity contribution in [2.75, 3.05) is 30.6 Å². The SMILES string of the molecule is COc1ccc(C(=O)Nc2ccc(SCC(=O)Nc3nc4ccc(OC)cc4s3)cc2)cc1. The topological polar surface area (TPSA) is 89.5 Å². The van der Waals surface area contributed by atoms with Crippen LogP contribution in [-0.4, -0.2) is 36.8 Å². The number of carbonyl (C=O) groups excluding carboxylic acids is 2. The monoisotopic (exact) mass is 479 g/mol. The van der Waals surface area contributed by atoms with Crippen LogP contribution in [0.15, 0.2) is 71.6 Å². The molecular formula is C24H21N3O4S2. The molecule has 7 nitrogen and oxygen atoms in total. The Bertz CT molecular complexity index is 1270. The van der Waals surface area contributed by atoms with Crippen LogP contribution in [0, 0.1) is 0 Å². The first-order valence-electron chi connectivity index (χ1n) is 9.97. The van der Waals surface area contributed by atoms with Crippen LogP contribution in [0.3, 0.4) is 0 Å². The minimum atomic E-state index is -0.203. The Labute approximate surface area is 199 Å². The molecule has 0 bridgehead atoms. The van der Waals surface area contributed by atoms with Crippen LogP contribution in [0.5, 0.6) is 11.5 Å². The van der Waals surface area contributed by atoms with E-state index in [1.165, 1.54) is 23.1 Å². The molecule has 9 heteroatoms. The fourth-order valence-corrected chi connectivity index (χ4v) is 4.58. The van der Waals surface area contributed by atoms with Crippen molar-refractivity contribution < 1.29 is 19.1 Å². The number of methoxy groups -OCH3 is 2. The molecule has 3 aromatic carbocycles. The van der Waals surface area contributed by atoms with Crippen LogP contribution in [-0.2, 0) is 4.79 Å². The van der Waals surface area contributed by atoms with Gasteiger partial charge in [-0.2, -0.15) is 0 Å². The van der Waals surface area contributed by atoms with E-state index in [1.54, 1.807) is 38.5 Å². The molecule has 1 heterocycles. The summed E-state index contributed by atoms with van der Waals surface area (Å²) in [7, 11) is 3.19. The average molecular weight is 480 g/mol. The quantitative estimate of drug-likeness (QED) is 0.334. The zero-order chi connectivity index (χ0) is 23.2. The molecule has 0 spiro atoms. The summed E-state index contributed by atoms with van der Waals surface area (Å²) in [4.78, 5) is 30.1. The fourth-order valence-electron chi connectivity index (χ4n) is 2.97. The summed E-state index contributed by atoms with van der Waals surface area (Å²) >= 11 is 2.81. The minimum absolute atomic E-state index is 0.136. The predicted octanol–water partition coefficient (Wildman–Crippen LogP) is 5.30. The molecule has 2 amide bonds. The third-order valence-corrected chi connectivity index (χ3v) is 6.62. The number of carbonyl (C=O) groups is 2. The Kier molecular flexibility index (Phi) is 7.11. The smallest absolute Gasteiger partial charge is 0.255 e. The maximum atomic E-state index is 12.4. The number of ether oxygens (including phenoxy) is 2. The van der Waals surface area contributed by atoms with Gasteiger partial charge >= 0.3 is 0 Å². The van der Waals surface area contributed by atoms with E-state index in [0.29, 0.717) is 22.1 Å². The van der Waals surface area contributed by atoms with Crippen molar-refractivity contribution in [1.82, 2.24) is 4.98 Å². The van der Waals surface area contributed by atoms with E-state index in [2.05, 4.69) is 15.6 Å². The first kappa shape index (κ1) is 22.6. The molecule has 4 rings (SSSR count). The molecule has 0 aliphatic rings. The minimum Gasteiger partial charge on any atom is -0.497 e. The van der Waals surface area contributed by atoms with E-state index in [4.69, 9.17) is 9.47 Å². The third-order valence-electron chi connectivity index (χ3n) is 4.68. The fraction of sp³-hybridized carbons (Fsp3) is 0.125. The van der Waals surface area contributed by atoms with Gasteiger partial charge in [0.15, 0.2) is 5.13 Å². The van der Waals surface area contributed by atoms with Crippen LogP contribution in [0.4, 0.5) is 10.8 Å². The van der Waals surface area contributed by atoms with E-state index in [1.807, 2.05) is 42.5 Å². The summed E-state index contributed by atoms with van der Waals surface area (Å²) in [6.07, 6.45) is 0. The lowest BCUT2D eigenvalue weighted by Crippen LogP contribution is -2.13. The molecule has 0 saturated heterocycles. The van der Waals surface area contributed by atoms with E-state index in [9.17, 15) is 9.59 Å². The third kappa shape index (κ3) is 5.82. The highest BCUT2D eigenvalue weighted by Gasteiger charge is 2.10. The van der Waals surface area contributed by atoms with E-state index < -0.39 is 0 Å². The van der Waals surface area contributed by atoms with Crippen molar-refractivity contribution >= 4 is 55.9 Å². The van der Waals surface area contributed by atoms with Crippen molar-refractivity contribution in [3.63, 3.8) is 0 Å². The van der Waals surface area contributed by atoms with Crippen molar-refractivity contribution in [3.8, 4) is 11.5 Å². The number of nitrogens with one attached hydrogen (secondary N) is 2. The number of benzene rings is 3. The van der Waals surface area contributed by atoms with Gasteiger partial charge in [-0.1, -0.05) is 11.3 Å². The van der Waals surface area contributed by atoms with Crippen LogP contribution < -0.4 is 20.1 Å². The lowest BCUT2D eigenvalue weighted by molar-refractivity contribution is -0.113. The van der Waals surface area contributed by atoms with Gasteiger partial charge in [-0.05, 0) is 66.7 Å². The Morgan fingerprint density at radius 3 is 2.30 bits per heavy atom. The van der Waals surface area contributed by atoms with Crippen LogP contribution >= 0.6 is 23.1 Å². The van der Waals surface area contributed by atoms with Crippen molar-refractivity contribution in [2.45, 2.75) is 4.90 Å². The maximum Gasteiger partial charge on any atom is 0.255 e. The lowest BCUT2D eigenvalue weighted by Gasteiger charge is -2.07. The average Bonchev–Trinajstić information content (AvgIpc) is 3.24.